The van der Waals surface area contributed by atoms with Crippen molar-refractivity contribution < 1.29 is 0 Å². The lowest BCUT2D eigenvalue weighted by molar-refractivity contribution is 1.21. The van der Waals surface area contributed by atoms with Crippen LogP contribution in [0.25, 0.3) is 0 Å². The highest BCUT2D eigenvalue weighted by atomic mass is 35.5. The Labute approximate surface area is 124 Å². The van der Waals surface area contributed by atoms with E-state index in [1.54, 1.807) is 0 Å². The van der Waals surface area contributed by atoms with Crippen molar-refractivity contribution in [1.29, 1.82) is 0 Å². The van der Waals surface area contributed by atoms with Crippen molar-refractivity contribution in [2.75, 3.05) is 17.6 Å². The molecule has 3 heteroatoms. The Bertz CT molecular complexity index is 554. The summed E-state index contributed by atoms with van der Waals surface area (Å²) < 4.78 is 0. The van der Waals surface area contributed by atoms with Crippen molar-refractivity contribution in [2.24, 2.45) is 0 Å². The predicted octanol–water partition coefficient (Wildman–Crippen LogP) is 5.16. The van der Waals surface area contributed by atoms with Crippen LogP contribution in [0.15, 0.2) is 47.4 Å². The minimum atomic E-state index is 0.771. The molecule has 19 heavy (non-hydrogen) atoms. The average Bonchev–Trinajstić information content (AvgIpc) is 2.39. The highest BCUT2D eigenvalue weighted by Gasteiger charge is 1.99. The molecule has 0 spiro atoms. The molecule has 100 valence electrons. The summed E-state index contributed by atoms with van der Waals surface area (Å²) in [4.78, 5) is 1.37. The van der Waals surface area contributed by atoms with Gasteiger partial charge in [-0.15, -0.1) is 11.8 Å². The number of hydrogen-bond acceptors (Lipinski definition) is 2. The standard InChI is InChI=1S/C16H18ClNS/c1-12-6-7-13(2)16(10-12)19-9-8-18-15-5-3-4-14(17)11-15/h3-7,10-11,18H,8-9H2,1-2H3. The predicted molar refractivity (Wildman–Crippen MR) is 86.6 cm³/mol. The van der Waals surface area contributed by atoms with Crippen molar-refractivity contribution in [3.05, 3.63) is 58.6 Å². The third-order valence-electron chi connectivity index (χ3n) is 2.86. The number of thioether (sulfide) groups is 1. The molecule has 2 rings (SSSR count). The maximum Gasteiger partial charge on any atom is 0.0426 e. The van der Waals surface area contributed by atoms with Crippen LogP contribution in [0.5, 0.6) is 0 Å². The van der Waals surface area contributed by atoms with Crippen LogP contribution in [0.3, 0.4) is 0 Å². The van der Waals surface area contributed by atoms with E-state index in [-0.39, 0.29) is 0 Å². The lowest BCUT2D eigenvalue weighted by Gasteiger charge is -2.09. The van der Waals surface area contributed by atoms with Gasteiger partial charge in [-0.3, -0.25) is 0 Å². The maximum absolute atomic E-state index is 5.95. The molecular formula is C16H18ClNS. The van der Waals surface area contributed by atoms with Crippen molar-refractivity contribution in [3.63, 3.8) is 0 Å². The Hall–Kier alpha value is -1.12. The monoisotopic (exact) mass is 291 g/mol. The summed E-state index contributed by atoms with van der Waals surface area (Å²) in [6.45, 7) is 5.22. The Morgan fingerprint density at radius 1 is 1.11 bits per heavy atom. The van der Waals surface area contributed by atoms with E-state index in [9.17, 15) is 0 Å². The Morgan fingerprint density at radius 2 is 1.95 bits per heavy atom. The summed E-state index contributed by atoms with van der Waals surface area (Å²) >= 11 is 7.84. The molecule has 1 nitrogen and oxygen atoms in total. The quantitative estimate of drug-likeness (QED) is 0.603. The topological polar surface area (TPSA) is 12.0 Å². The molecule has 0 atom stereocenters. The summed E-state index contributed by atoms with van der Waals surface area (Å²) in [5.74, 6) is 1.04. The molecule has 0 aliphatic carbocycles. The molecule has 0 aliphatic heterocycles. The van der Waals surface area contributed by atoms with Crippen molar-refractivity contribution in [2.45, 2.75) is 18.7 Å². The first-order valence-corrected chi connectivity index (χ1v) is 7.71. The van der Waals surface area contributed by atoms with Crippen LogP contribution >= 0.6 is 23.4 Å². The van der Waals surface area contributed by atoms with E-state index in [1.165, 1.54) is 16.0 Å². The van der Waals surface area contributed by atoms with Gasteiger partial charge in [-0.1, -0.05) is 35.4 Å². The minimum absolute atomic E-state index is 0.771. The zero-order valence-corrected chi connectivity index (χ0v) is 12.8. The summed E-state index contributed by atoms with van der Waals surface area (Å²) in [6, 6.07) is 14.4. The van der Waals surface area contributed by atoms with Crippen LogP contribution in [-0.2, 0) is 0 Å². The zero-order valence-electron chi connectivity index (χ0n) is 11.2. The summed E-state index contributed by atoms with van der Waals surface area (Å²) in [6.07, 6.45) is 0. The lowest BCUT2D eigenvalue weighted by atomic mass is 10.2. The number of anilines is 1. The van der Waals surface area contributed by atoms with Gasteiger partial charge in [-0.25, -0.2) is 0 Å². The molecular weight excluding hydrogens is 274 g/mol. The molecule has 0 aliphatic rings. The number of nitrogens with one attached hydrogen (secondary N) is 1. The van der Waals surface area contributed by atoms with Gasteiger partial charge in [0.1, 0.15) is 0 Å². The molecule has 0 unspecified atom stereocenters. The highest BCUT2D eigenvalue weighted by molar-refractivity contribution is 7.99. The van der Waals surface area contributed by atoms with E-state index in [0.29, 0.717) is 0 Å². The SMILES string of the molecule is Cc1ccc(C)c(SCCNc2cccc(Cl)c2)c1. The van der Waals surface area contributed by atoms with Crippen LogP contribution in [0, 0.1) is 13.8 Å². The van der Waals surface area contributed by atoms with Gasteiger partial charge in [0.25, 0.3) is 0 Å². The summed E-state index contributed by atoms with van der Waals surface area (Å²) in [5, 5.41) is 4.16. The van der Waals surface area contributed by atoms with Crippen LogP contribution in [-0.4, -0.2) is 12.3 Å². The van der Waals surface area contributed by atoms with Gasteiger partial charge in [0.05, 0.1) is 0 Å². The van der Waals surface area contributed by atoms with Crippen molar-refractivity contribution >= 4 is 29.1 Å². The third kappa shape index (κ3) is 4.48. The van der Waals surface area contributed by atoms with Crippen LogP contribution in [0.2, 0.25) is 5.02 Å². The normalized spacial score (nSPS) is 10.5. The Kier molecular flexibility index (Phi) is 5.17. The van der Waals surface area contributed by atoms with Crippen molar-refractivity contribution in [3.8, 4) is 0 Å². The van der Waals surface area contributed by atoms with Gasteiger partial charge in [0, 0.05) is 27.9 Å². The highest BCUT2D eigenvalue weighted by Crippen LogP contribution is 2.23. The molecule has 0 fully saturated rings. The minimum Gasteiger partial charge on any atom is -0.384 e. The Morgan fingerprint density at radius 3 is 2.74 bits per heavy atom. The van der Waals surface area contributed by atoms with Gasteiger partial charge in [0.2, 0.25) is 0 Å². The molecule has 2 aromatic carbocycles. The number of benzene rings is 2. The second-order valence-corrected chi connectivity index (χ2v) is 6.13. The number of hydrogen-bond donors (Lipinski definition) is 1. The van der Waals surface area contributed by atoms with Crippen molar-refractivity contribution in [1.82, 2.24) is 0 Å². The van der Waals surface area contributed by atoms with E-state index in [1.807, 2.05) is 36.0 Å². The molecule has 2 aromatic rings. The summed E-state index contributed by atoms with van der Waals surface area (Å²) in [5.41, 5.74) is 3.74. The first-order chi connectivity index (χ1) is 9.15. The van der Waals surface area contributed by atoms with E-state index < -0.39 is 0 Å². The zero-order chi connectivity index (χ0) is 13.7. The molecule has 0 bridgehead atoms. The molecule has 0 heterocycles. The fraction of sp³-hybridized carbons (Fsp3) is 0.250. The van der Waals surface area contributed by atoms with Crippen LogP contribution in [0.4, 0.5) is 5.69 Å². The van der Waals surface area contributed by atoms with Gasteiger partial charge in [-0.05, 0) is 43.7 Å². The second kappa shape index (κ2) is 6.88. The molecule has 0 amide bonds. The lowest BCUT2D eigenvalue weighted by Crippen LogP contribution is -2.03. The third-order valence-corrected chi connectivity index (χ3v) is 4.25. The average molecular weight is 292 g/mol. The van der Waals surface area contributed by atoms with Gasteiger partial charge < -0.3 is 5.32 Å². The van der Waals surface area contributed by atoms with E-state index in [4.69, 9.17) is 11.6 Å². The Balaban J connectivity index is 1.82. The fourth-order valence-corrected chi connectivity index (χ4v) is 3.00. The molecule has 0 aromatic heterocycles. The van der Waals surface area contributed by atoms with E-state index >= 15 is 0 Å². The molecule has 0 radical (unpaired) electrons. The maximum atomic E-state index is 5.95. The first-order valence-electron chi connectivity index (χ1n) is 6.34. The molecule has 0 saturated heterocycles. The second-order valence-electron chi connectivity index (χ2n) is 4.55. The molecule has 1 N–H and O–H groups in total. The first kappa shape index (κ1) is 14.3. The van der Waals surface area contributed by atoms with Gasteiger partial charge in [0.15, 0.2) is 0 Å². The van der Waals surface area contributed by atoms with Gasteiger partial charge >= 0.3 is 0 Å². The fourth-order valence-electron chi connectivity index (χ4n) is 1.82. The number of halogens is 1. The van der Waals surface area contributed by atoms with Crippen LogP contribution < -0.4 is 5.32 Å². The van der Waals surface area contributed by atoms with Crippen LogP contribution in [0.1, 0.15) is 11.1 Å². The molecule has 0 saturated carbocycles. The van der Waals surface area contributed by atoms with E-state index in [2.05, 4.69) is 37.4 Å². The number of aryl methyl sites for hydroxylation is 2. The van der Waals surface area contributed by atoms with E-state index in [0.717, 1.165) is 23.0 Å². The number of rotatable bonds is 5. The smallest absolute Gasteiger partial charge is 0.0426 e. The van der Waals surface area contributed by atoms with Gasteiger partial charge in [-0.2, -0.15) is 0 Å². The summed E-state index contributed by atoms with van der Waals surface area (Å²) in [7, 11) is 0. The largest absolute Gasteiger partial charge is 0.384 e.